The zero-order chi connectivity index (χ0) is 24.2. The van der Waals surface area contributed by atoms with Crippen molar-refractivity contribution in [3.8, 4) is 17.2 Å². The number of nitrogens with zero attached hydrogens (tertiary/aromatic N) is 4. The van der Waals surface area contributed by atoms with Gasteiger partial charge >= 0.3 is 0 Å². The van der Waals surface area contributed by atoms with Gasteiger partial charge in [0.15, 0.2) is 6.23 Å². The molecule has 34 heavy (non-hydrogen) atoms. The number of rotatable bonds is 7. The lowest BCUT2D eigenvalue weighted by Gasteiger charge is -2.36. The molecule has 2 heterocycles. The van der Waals surface area contributed by atoms with Crippen molar-refractivity contribution in [2.24, 2.45) is 4.99 Å². The fourth-order valence-electron chi connectivity index (χ4n) is 4.51. The summed E-state index contributed by atoms with van der Waals surface area (Å²) in [5, 5.41) is 25.0. The molecule has 0 bridgehead atoms. The molecule has 1 aliphatic rings. The number of aromatic nitrogens is 1. The summed E-state index contributed by atoms with van der Waals surface area (Å²) < 4.78 is 5.38. The van der Waals surface area contributed by atoms with Gasteiger partial charge in [0.1, 0.15) is 11.6 Å². The largest absolute Gasteiger partial charge is 0.369 e. The number of hydrogen-bond donors (Lipinski definition) is 1. The normalized spacial score (nSPS) is 15.9. The third-order valence-electron chi connectivity index (χ3n) is 6.29. The third-order valence-corrected chi connectivity index (χ3v) is 6.29. The van der Waals surface area contributed by atoms with Crippen LogP contribution in [0.25, 0.3) is 16.7 Å². The van der Waals surface area contributed by atoms with E-state index in [1.165, 1.54) is 0 Å². The molecule has 1 atom stereocenters. The zero-order valence-electron chi connectivity index (χ0n) is 20.2. The molecule has 0 saturated carbocycles. The number of hydrogen-bond acceptors (Lipinski definition) is 6. The molecule has 1 unspecified atom stereocenters. The van der Waals surface area contributed by atoms with Crippen molar-refractivity contribution in [2.45, 2.75) is 59.7 Å². The van der Waals surface area contributed by atoms with Crippen LogP contribution < -0.4 is 0 Å². The molecule has 3 aromatic rings. The molecule has 1 aliphatic heterocycles. The van der Waals surface area contributed by atoms with E-state index in [1.54, 1.807) is 0 Å². The van der Waals surface area contributed by atoms with Gasteiger partial charge in [-0.1, -0.05) is 61.0 Å². The zero-order valence-corrected chi connectivity index (χ0v) is 20.2. The van der Waals surface area contributed by atoms with Crippen molar-refractivity contribution in [1.82, 2.24) is 10.1 Å². The van der Waals surface area contributed by atoms with Gasteiger partial charge in [-0.15, -0.1) is 0 Å². The number of benzene rings is 2. The summed E-state index contributed by atoms with van der Waals surface area (Å²) in [5.74, 6) is 1.57. The fraction of sp³-hybridized carbons (Fsp3) is 0.321. The topological polar surface area (TPSA) is 85.7 Å². The van der Waals surface area contributed by atoms with Crippen LogP contribution in [0.4, 0.5) is 0 Å². The number of amidine groups is 1. The van der Waals surface area contributed by atoms with E-state index in [0.29, 0.717) is 17.9 Å². The Kier molecular flexibility index (Phi) is 6.95. The molecule has 2 aromatic carbocycles. The first-order valence-electron chi connectivity index (χ1n) is 11.7. The maximum Gasteiger partial charge on any atom is 0.156 e. The highest BCUT2D eigenvalue weighted by Gasteiger charge is 2.32. The SMILES string of the molecule is CCCCC1=NC(C)=C(c2c(C)noc2C)C(O)N1Cc1ccc(-c2ccccc2C#N)cc1. The minimum absolute atomic E-state index is 0.518. The summed E-state index contributed by atoms with van der Waals surface area (Å²) >= 11 is 0. The van der Waals surface area contributed by atoms with Crippen LogP contribution in [0.2, 0.25) is 0 Å². The number of unbranched alkanes of at least 4 members (excludes halogenated alkanes) is 1. The van der Waals surface area contributed by atoms with Gasteiger partial charge in [0.2, 0.25) is 0 Å². The van der Waals surface area contributed by atoms with E-state index in [0.717, 1.165) is 64.3 Å². The smallest absolute Gasteiger partial charge is 0.156 e. The second-order valence-electron chi connectivity index (χ2n) is 8.69. The highest BCUT2D eigenvalue weighted by molar-refractivity contribution is 5.90. The van der Waals surface area contributed by atoms with Crippen LogP contribution in [-0.2, 0) is 6.54 Å². The number of aliphatic hydroxyl groups is 1. The number of allylic oxidation sites excluding steroid dienone is 1. The molecular formula is C28H30N4O2. The molecule has 0 aliphatic carbocycles. The van der Waals surface area contributed by atoms with E-state index in [1.807, 2.05) is 62.1 Å². The first-order valence-corrected chi connectivity index (χ1v) is 11.7. The Hall–Kier alpha value is -3.69. The van der Waals surface area contributed by atoms with Crippen LogP contribution in [0, 0.1) is 25.2 Å². The van der Waals surface area contributed by atoms with Crippen molar-refractivity contribution in [2.75, 3.05) is 0 Å². The summed E-state index contributed by atoms with van der Waals surface area (Å²) in [6.45, 7) is 8.36. The molecule has 0 fully saturated rings. The highest BCUT2D eigenvalue weighted by atomic mass is 16.5. The van der Waals surface area contributed by atoms with E-state index in [4.69, 9.17) is 9.52 Å². The van der Waals surface area contributed by atoms with Crippen molar-refractivity contribution < 1.29 is 9.63 Å². The predicted octanol–water partition coefficient (Wildman–Crippen LogP) is 5.98. The standard InChI is InChI=1S/C28H30N4O2/c1-5-6-11-25-30-18(2)27(26-19(3)31-34-20(26)4)28(33)32(25)17-21-12-14-22(15-13-21)24-10-8-7-9-23(24)16-29/h7-10,12-15,28,33H,5-6,11,17H2,1-4H3. The quantitative estimate of drug-likeness (QED) is 0.474. The van der Waals surface area contributed by atoms with Gasteiger partial charge in [-0.25, -0.2) is 4.99 Å². The number of nitriles is 1. The van der Waals surface area contributed by atoms with Gasteiger partial charge in [-0.05, 0) is 49.9 Å². The lowest BCUT2D eigenvalue weighted by Crippen LogP contribution is -2.43. The number of aliphatic hydroxyl groups excluding tert-OH is 1. The first kappa shape index (κ1) is 23.5. The van der Waals surface area contributed by atoms with Crippen LogP contribution in [-0.4, -0.2) is 27.2 Å². The molecular weight excluding hydrogens is 424 g/mol. The lowest BCUT2D eigenvalue weighted by atomic mass is 9.97. The van der Waals surface area contributed by atoms with Crippen molar-refractivity contribution >= 4 is 11.4 Å². The van der Waals surface area contributed by atoms with Crippen LogP contribution >= 0.6 is 0 Å². The van der Waals surface area contributed by atoms with Gasteiger partial charge in [-0.3, -0.25) is 0 Å². The van der Waals surface area contributed by atoms with Gasteiger partial charge in [0.05, 0.1) is 17.3 Å². The van der Waals surface area contributed by atoms with E-state index in [9.17, 15) is 10.4 Å². The summed E-state index contributed by atoms with van der Waals surface area (Å²) in [4.78, 5) is 6.89. The second-order valence-corrected chi connectivity index (χ2v) is 8.69. The number of aryl methyl sites for hydroxylation is 2. The van der Waals surface area contributed by atoms with Crippen LogP contribution in [0.1, 0.15) is 61.3 Å². The number of aliphatic imine (C=N–C) groups is 1. The molecule has 174 valence electrons. The molecule has 1 N–H and O–H groups in total. The molecule has 6 nitrogen and oxygen atoms in total. The van der Waals surface area contributed by atoms with Gasteiger partial charge < -0.3 is 14.5 Å². The van der Waals surface area contributed by atoms with Crippen LogP contribution in [0.5, 0.6) is 0 Å². The molecule has 0 spiro atoms. The van der Waals surface area contributed by atoms with Gasteiger partial charge in [0.25, 0.3) is 0 Å². The molecule has 1 aromatic heterocycles. The van der Waals surface area contributed by atoms with E-state index in [-0.39, 0.29) is 0 Å². The maximum atomic E-state index is 11.5. The molecule has 0 saturated heterocycles. The fourth-order valence-corrected chi connectivity index (χ4v) is 4.51. The van der Waals surface area contributed by atoms with E-state index in [2.05, 4.69) is 30.3 Å². The average molecular weight is 455 g/mol. The van der Waals surface area contributed by atoms with Crippen molar-refractivity contribution in [3.05, 3.63) is 82.4 Å². The predicted molar refractivity (Wildman–Crippen MR) is 134 cm³/mol. The van der Waals surface area contributed by atoms with Crippen LogP contribution in [0.3, 0.4) is 0 Å². The highest BCUT2D eigenvalue weighted by Crippen LogP contribution is 2.35. The van der Waals surface area contributed by atoms with Crippen LogP contribution in [0.15, 0.2) is 63.7 Å². The Morgan fingerprint density at radius 2 is 1.82 bits per heavy atom. The Balaban J connectivity index is 1.66. The minimum atomic E-state index is -0.847. The minimum Gasteiger partial charge on any atom is -0.369 e. The monoisotopic (exact) mass is 454 g/mol. The van der Waals surface area contributed by atoms with Gasteiger partial charge in [0, 0.05) is 29.8 Å². The van der Waals surface area contributed by atoms with Crippen molar-refractivity contribution in [3.63, 3.8) is 0 Å². The molecule has 6 heteroatoms. The summed E-state index contributed by atoms with van der Waals surface area (Å²) in [5.41, 5.74) is 6.74. The Morgan fingerprint density at radius 1 is 1.09 bits per heavy atom. The summed E-state index contributed by atoms with van der Waals surface area (Å²) in [6.07, 6.45) is 2.00. The van der Waals surface area contributed by atoms with Gasteiger partial charge in [-0.2, -0.15) is 5.26 Å². The Morgan fingerprint density at radius 3 is 2.47 bits per heavy atom. The van der Waals surface area contributed by atoms with Crippen molar-refractivity contribution in [1.29, 1.82) is 5.26 Å². The first-order chi connectivity index (χ1) is 16.4. The van der Waals surface area contributed by atoms with E-state index >= 15 is 0 Å². The Bertz CT molecular complexity index is 1260. The van der Waals surface area contributed by atoms with E-state index < -0.39 is 6.23 Å². The maximum absolute atomic E-state index is 11.5. The summed E-state index contributed by atoms with van der Waals surface area (Å²) in [7, 11) is 0. The molecule has 4 rings (SSSR count). The molecule has 0 radical (unpaired) electrons. The summed E-state index contributed by atoms with van der Waals surface area (Å²) in [6, 6.07) is 18.0. The molecule has 0 amide bonds. The second kappa shape index (κ2) is 10.1. The Labute approximate surface area is 200 Å². The third kappa shape index (κ3) is 4.52. The lowest BCUT2D eigenvalue weighted by molar-refractivity contribution is 0.0950. The average Bonchev–Trinajstić information content (AvgIpc) is 3.18.